The van der Waals surface area contributed by atoms with Gasteiger partial charge in [-0.05, 0) is 48.1 Å². The van der Waals surface area contributed by atoms with Gasteiger partial charge in [-0.3, -0.25) is 9.78 Å². The standard InChI is InChI=1S/C17H15N5O3S/c1-11(23)25-14-7-6-12(9-15(14)24-2)10-19-22-16(20-21-17(22)26)13-5-3-4-8-18-13/h3-10H,1-2H3,(H,21,26). The van der Waals surface area contributed by atoms with E-state index >= 15 is 0 Å². The van der Waals surface area contributed by atoms with E-state index in [4.69, 9.17) is 21.7 Å². The van der Waals surface area contributed by atoms with E-state index in [9.17, 15) is 4.79 Å². The van der Waals surface area contributed by atoms with Gasteiger partial charge in [0.05, 0.1) is 13.3 Å². The Morgan fingerprint density at radius 1 is 1.31 bits per heavy atom. The third kappa shape index (κ3) is 3.83. The predicted octanol–water partition coefficient (Wildman–Crippen LogP) is 2.82. The van der Waals surface area contributed by atoms with Crippen LogP contribution in [-0.4, -0.2) is 39.2 Å². The monoisotopic (exact) mass is 369 g/mol. The highest BCUT2D eigenvalue weighted by molar-refractivity contribution is 7.71. The van der Waals surface area contributed by atoms with Crippen molar-refractivity contribution in [3.05, 3.63) is 52.9 Å². The minimum Gasteiger partial charge on any atom is -0.493 e. The second-order valence-electron chi connectivity index (χ2n) is 5.13. The van der Waals surface area contributed by atoms with E-state index in [-0.39, 0.29) is 0 Å². The van der Waals surface area contributed by atoms with Crippen LogP contribution in [0.4, 0.5) is 0 Å². The third-order valence-corrected chi connectivity index (χ3v) is 3.57. The summed E-state index contributed by atoms with van der Waals surface area (Å²) >= 11 is 5.23. The lowest BCUT2D eigenvalue weighted by atomic mass is 10.2. The number of carbonyl (C=O) groups is 1. The van der Waals surface area contributed by atoms with Crippen LogP contribution in [0.25, 0.3) is 11.5 Å². The minimum absolute atomic E-state index is 0.338. The molecule has 0 aliphatic rings. The molecule has 0 amide bonds. The van der Waals surface area contributed by atoms with Gasteiger partial charge < -0.3 is 9.47 Å². The van der Waals surface area contributed by atoms with Crippen molar-refractivity contribution in [1.82, 2.24) is 19.9 Å². The summed E-state index contributed by atoms with van der Waals surface area (Å²) in [5.41, 5.74) is 1.37. The predicted molar refractivity (Wildman–Crippen MR) is 97.9 cm³/mol. The van der Waals surface area contributed by atoms with Gasteiger partial charge in [0.1, 0.15) is 5.69 Å². The fourth-order valence-electron chi connectivity index (χ4n) is 2.19. The zero-order chi connectivity index (χ0) is 18.5. The number of nitrogens with zero attached hydrogens (tertiary/aromatic N) is 4. The lowest BCUT2D eigenvalue weighted by Gasteiger charge is -2.08. The molecule has 0 unspecified atom stereocenters. The number of hydrogen-bond acceptors (Lipinski definition) is 7. The molecule has 0 bridgehead atoms. The summed E-state index contributed by atoms with van der Waals surface area (Å²) in [6.07, 6.45) is 3.26. The molecule has 132 valence electrons. The highest BCUT2D eigenvalue weighted by atomic mass is 32.1. The Kier molecular flexibility index (Phi) is 5.18. The molecule has 0 saturated carbocycles. The van der Waals surface area contributed by atoms with Crippen LogP contribution in [0.3, 0.4) is 0 Å². The summed E-state index contributed by atoms with van der Waals surface area (Å²) in [4.78, 5) is 15.4. The molecule has 0 aliphatic heterocycles. The fraction of sp³-hybridized carbons (Fsp3) is 0.118. The first-order chi connectivity index (χ1) is 12.6. The van der Waals surface area contributed by atoms with Crippen LogP contribution in [-0.2, 0) is 4.79 Å². The maximum absolute atomic E-state index is 11.1. The van der Waals surface area contributed by atoms with E-state index in [0.717, 1.165) is 5.56 Å². The first-order valence-corrected chi connectivity index (χ1v) is 7.99. The van der Waals surface area contributed by atoms with Gasteiger partial charge in [0.25, 0.3) is 0 Å². The molecule has 9 heteroatoms. The molecule has 3 aromatic rings. The van der Waals surface area contributed by atoms with Gasteiger partial charge in [0.15, 0.2) is 11.5 Å². The molecule has 0 atom stereocenters. The topological polar surface area (TPSA) is 94.4 Å². The van der Waals surface area contributed by atoms with E-state index in [0.29, 0.717) is 27.8 Å². The Labute approximate surface area is 154 Å². The average molecular weight is 369 g/mol. The van der Waals surface area contributed by atoms with Crippen LogP contribution >= 0.6 is 12.2 Å². The van der Waals surface area contributed by atoms with Crippen LogP contribution in [0.1, 0.15) is 12.5 Å². The molecule has 0 saturated heterocycles. The average Bonchev–Trinajstić information content (AvgIpc) is 3.01. The van der Waals surface area contributed by atoms with Gasteiger partial charge >= 0.3 is 5.97 Å². The van der Waals surface area contributed by atoms with E-state index < -0.39 is 5.97 Å². The van der Waals surface area contributed by atoms with Gasteiger partial charge in [0, 0.05) is 13.1 Å². The smallest absolute Gasteiger partial charge is 0.308 e. The molecule has 3 rings (SSSR count). The van der Waals surface area contributed by atoms with Crippen molar-refractivity contribution in [2.24, 2.45) is 5.10 Å². The minimum atomic E-state index is -0.422. The highest BCUT2D eigenvalue weighted by Crippen LogP contribution is 2.27. The maximum Gasteiger partial charge on any atom is 0.308 e. The number of ether oxygens (including phenoxy) is 2. The molecular weight excluding hydrogens is 354 g/mol. The molecule has 8 nitrogen and oxygen atoms in total. The summed E-state index contributed by atoms with van der Waals surface area (Å²) < 4.78 is 12.1. The van der Waals surface area contributed by atoms with Gasteiger partial charge in [-0.15, -0.1) is 0 Å². The first-order valence-electron chi connectivity index (χ1n) is 7.58. The van der Waals surface area contributed by atoms with E-state index in [1.54, 1.807) is 30.6 Å². The number of hydrogen-bond donors (Lipinski definition) is 1. The fourth-order valence-corrected chi connectivity index (χ4v) is 2.37. The Hall–Kier alpha value is -3.33. The van der Waals surface area contributed by atoms with Crippen molar-refractivity contribution in [3.8, 4) is 23.0 Å². The Balaban J connectivity index is 1.93. The largest absolute Gasteiger partial charge is 0.493 e. The quantitative estimate of drug-likeness (QED) is 0.322. The molecule has 2 aromatic heterocycles. The van der Waals surface area contributed by atoms with Crippen molar-refractivity contribution < 1.29 is 14.3 Å². The lowest BCUT2D eigenvalue weighted by Crippen LogP contribution is -2.03. The highest BCUT2D eigenvalue weighted by Gasteiger charge is 2.10. The molecular formula is C17H15N5O3S. The van der Waals surface area contributed by atoms with Crippen molar-refractivity contribution in [2.75, 3.05) is 7.11 Å². The molecule has 0 spiro atoms. The molecule has 2 heterocycles. The number of carbonyl (C=O) groups excluding carboxylic acids is 1. The molecule has 0 aliphatic carbocycles. The number of H-pyrrole nitrogens is 1. The summed E-state index contributed by atoms with van der Waals surface area (Å²) in [6.45, 7) is 1.33. The van der Waals surface area contributed by atoms with Crippen LogP contribution in [0.2, 0.25) is 0 Å². The Morgan fingerprint density at radius 2 is 2.15 bits per heavy atom. The van der Waals surface area contributed by atoms with Crippen LogP contribution < -0.4 is 9.47 Å². The van der Waals surface area contributed by atoms with Crippen LogP contribution in [0.5, 0.6) is 11.5 Å². The molecule has 1 N–H and O–H groups in total. The Bertz CT molecular complexity index is 1010. The number of methoxy groups -OCH3 is 1. The first kappa shape index (κ1) is 17.5. The number of benzene rings is 1. The van der Waals surface area contributed by atoms with Crippen molar-refractivity contribution in [1.29, 1.82) is 0 Å². The zero-order valence-electron chi connectivity index (χ0n) is 14.0. The number of esters is 1. The number of rotatable bonds is 5. The third-order valence-electron chi connectivity index (χ3n) is 3.31. The zero-order valence-corrected chi connectivity index (χ0v) is 14.9. The second-order valence-corrected chi connectivity index (χ2v) is 5.51. The van der Waals surface area contributed by atoms with E-state index in [2.05, 4.69) is 20.3 Å². The van der Waals surface area contributed by atoms with Gasteiger partial charge in [-0.2, -0.15) is 14.9 Å². The number of aromatic nitrogens is 4. The summed E-state index contributed by atoms with van der Waals surface area (Å²) in [5, 5.41) is 11.2. The SMILES string of the molecule is COc1cc(C=Nn2c(-c3ccccn3)n[nH]c2=S)ccc1OC(C)=O. The maximum atomic E-state index is 11.1. The Morgan fingerprint density at radius 3 is 2.85 bits per heavy atom. The van der Waals surface area contributed by atoms with E-state index in [1.165, 1.54) is 18.7 Å². The molecule has 0 fully saturated rings. The van der Waals surface area contributed by atoms with Crippen molar-refractivity contribution in [2.45, 2.75) is 6.92 Å². The van der Waals surface area contributed by atoms with Crippen molar-refractivity contribution in [3.63, 3.8) is 0 Å². The molecule has 26 heavy (non-hydrogen) atoms. The summed E-state index contributed by atoms with van der Waals surface area (Å²) in [7, 11) is 1.49. The lowest BCUT2D eigenvalue weighted by molar-refractivity contribution is -0.132. The van der Waals surface area contributed by atoms with Gasteiger partial charge in [-0.1, -0.05) is 6.07 Å². The van der Waals surface area contributed by atoms with E-state index in [1.807, 2.05) is 18.2 Å². The van der Waals surface area contributed by atoms with Gasteiger partial charge in [-0.25, -0.2) is 5.10 Å². The second kappa shape index (κ2) is 7.70. The molecule has 1 aromatic carbocycles. The van der Waals surface area contributed by atoms with Crippen LogP contribution in [0, 0.1) is 4.77 Å². The number of aromatic amines is 1. The van der Waals surface area contributed by atoms with Gasteiger partial charge in [0.2, 0.25) is 10.6 Å². The summed E-state index contributed by atoms with van der Waals surface area (Å²) in [5.74, 6) is 0.834. The summed E-state index contributed by atoms with van der Waals surface area (Å²) in [6, 6.07) is 10.6. The normalized spacial score (nSPS) is 10.8. The number of pyridine rings is 1. The molecule has 0 radical (unpaired) electrons. The van der Waals surface area contributed by atoms with Crippen LogP contribution in [0.15, 0.2) is 47.7 Å². The van der Waals surface area contributed by atoms with Crippen molar-refractivity contribution >= 4 is 24.4 Å². The number of nitrogens with one attached hydrogen (secondary N) is 1.